The SMILES string of the molecule is N#Cc1ccc(NC(=O)CSc2nnc(-c3ccncc3)n2-c2ccccc2)cc1Cl. The van der Waals surface area contributed by atoms with Gasteiger partial charge in [-0.1, -0.05) is 41.6 Å². The summed E-state index contributed by atoms with van der Waals surface area (Å²) in [5, 5.41) is 21.3. The van der Waals surface area contributed by atoms with E-state index in [1.165, 1.54) is 11.8 Å². The number of carbonyl (C=O) groups is 1. The second-order valence-electron chi connectivity index (χ2n) is 6.36. The van der Waals surface area contributed by atoms with Crippen molar-refractivity contribution in [3.05, 3.63) is 83.6 Å². The lowest BCUT2D eigenvalue weighted by atomic mass is 10.2. The van der Waals surface area contributed by atoms with Crippen molar-refractivity contribution in [3.63, 3.8) is 0 Å². The van der Waals surface area contributed by atoms with Crippen molar-refractivity contribution in [3.8, 4) is 23.1 Å². The number of halogens is 1. The summed E-state index contributed by atoms with van der Waals surface area (Å²) in [6.45, 7) is 0. The Balaban J connectivity index is 1.55. The van der Waals surface area contributed by atoms with Gasteiger partial charge in [0.15, 0.2) is 11.0 Å². The lowest BCUT2D eigenvalue weighted by Gasteiger charge is -2.10. The zero-order valence-corrected chi connectivity index (χ0v) is 17.6. The van der Waals surface area contributed by atoms with E-state index in [-0.39, 0.29) is 11.7 Å². The van der Waals surface area contributed by atoms with Gasteiger partial charge in [0.25, 0.3) is 0 Å². The van der Waals surface area contributed by atoms with Gasteiger partial charge in [0.2, 0.25) is 5.91 Å². The summed E-state index contributed by atoms with van der Waals surface area (Å²) < 4.78 is 1.91. The van der Waals surface area contributed by atoms with E-state index >= 15 is 0 Å². The predicted molar refractivity (Wildman–Crippen MR) is 120 cm³/mol. The molecule has 0 radical (unpaired) electrons. The molecule has 0 saturated carbocycles. The first-order valence-electron chi connectivity index (χ1n) is 9.19. The molecule has 1 amide bonds. The van der Waals surface area contributed by atoms with Crippen LogP contribution in [0.1, 0.15) is 5.56 Å². The third kappa shape index (κ3) is 4.74. The van der Waals surface area contributed by atoms with Crippen molar-refractivity contribution in [2.75, 3.05) is 11.1 Å². The van der Waals surface area contributed by atoms with Crippen LogP contribution in [0.5, 0.6) is 0 Å². The van der Waals surface area contributed by atoms with Gasteiger partial charge < -0.3 is 5.32 Å². The van der Waals surface area contributed by atoms with Crippen LogP contribution in [-0.2, 0) is 4.79 Å². The number of thioether (sulfide) groups is 1. The Hall–Kier alpha value is -3.67. The first-order chi connectivity index (χ1) is 15.2. The number of para-hydroxylation sites is 1. The van der Waals surface area contributed by atoms with Crippen LogP contribution in [0.4, 0.5) is 5.69 Å². The number of rotatable bonds is 6. The molecule has 0 spiro atoms. The summed E-state index contributed by atoms with van der Waals surface area (Å²) in [7, 11) is 0. The largest absolute Gasteiger partial charge is 0.325 e. The topological polar surface area (TPSA) is 96.5 Å². The van der Waals surface area contributed by atoms with E-state index in [0.717, 1.165) is 11.3 Å². The molecule has 4 rings (SSSR count). The van der Waals surface area contributed by atoms with Gasteiger partial charge in [0, 0.05) is 29.3 Å². The molecule has 9 heteroatoms. The predicted octanol–water partition coefficient (Wildman–Crippen LogP) is 4.59. The van der Waals surface area contributed by atoms with E-state index < -0.39 is 0 Å². The molecule has 0 aliphatic carbocycles. The second kappa shape index (κ2) is 9.43. The van der Waals surface area contributed by atoms with Gasteiger partial charge in [-0.2, -0.15) is 5.26 Å². The molecule has 1 N–H and O–H groups in total. The van der Waals surface area contributed by atoms with Crippen LogP contribution in [0.3, 0.4) is 0 Å². The van der Waals surface area contributed by atoms with Crippen LogP contribution < -0.4 is 5.32 Å². The maximum absolute atomic E-state index is 12.5. The highest BCUT2D eigenvalue weighted by Gasteiger charge is 2.17. The first-order valence-corrected chi connectivity index (χ1v) is 10.6. The molecule has 0 unspecified atom stereocenters. The molecule has 7 nitrogen and oxygen atoms in total. The fourth-order valence-corrected chi connectivity index (χ4v) is 3.85. The molecule has 2 heterocycles. The van der Waals surface area contributed by atoms with E-state index in [2.05, 4.69) is 20.5 Å². The van der Waals surface area contributed by atoms with E-state index in [9.17, 15) is 4.79 Å². The molecule has 31 heavy (non-hydrogen) atoms. The molecule has 4 aromatic rings. The van der Waals surface area contributed by atoms with Crippen LogP contribution in [0.15, 0.2) is 78.2 Å². The number of benzene rings is 2. The highest BCUT2D eigenvalue weighted by molar-refractivity contribution is 7.99. The summed E-state index contributed by atoms with van der Waals surface area (Å²) in [5.41, 5.74) is 2.64. The number of hydrogen-bond acceptors (Lipinski definition) is 6. The third-order valence-corrected chi connectivity index (χ3v) is 5.53. The van der Waals surface area contributed by atoms with Crippen molar-refractivity contribution < 1.29 is 4.79 Å². The molecule has 0 bridgehead atoms. The van der Waals surface area contributed by atoms with Gasteiger partial charge in [-0.25, -0.2) is 0 Å². The monoisotopic (exact) mass is 446 g/mol. The van der Waals surface area contributed by atoms with Gasteiger partial charge in [0.1, 0.15) is 6.07 Å². The molecule has 152 valence electrons. The zero-order chi connectivity index (χ0) is 21.6. The van der Waals surface area contributed by atoms with Crippen LogP contribution in [0.2, 0.25) is 5.02 Å². The summed E-state index contributed by atoms with van der Waals surface area (Å²) in [5.74, 6) is 0.563. The van der Waals surface area contributed by atoms with Crippen molar-refractivity contribution in [2.24, 2.45) is 0 Å². The number of carbonyl (C=O) groups excluding carboxylic acids is 1. The molecular formula is C22H15ClN6OS. The lowest BCUT2D eigenvalue weighted by Crippen LogP contribution is -2.14. The number of nitriles is 1. The molecule has 0 aliphatic heterocycles. The van der Waals surface area contributed by atoms with E-state index in [1.807, 2.05) is 53.1 Å². The Labute approximate surface area is 187 Å². The smallest absolute Gasteiger partial charge is 0.234 e. The Morgan fingerprint density at radius 2 is 1.87 bits per heavy atom. The molecule has 0 fully saturated rings. The first kappa shape index (κ1) is 20.6. The summed E-state index contributed by atoms with van der Waals surface area (Å²) >= 11 is 7.30. The number of nitrogens with one attached hydrogen (secondary N) is 1. The van der Waals surface area contributed by atoms with Gasteiger partial charge in [-0.15, -0.1) is 10.2 Å². The lowest BCUT2D eigenvalue weighted by molar-refractivity contribution is -0.113. The van der Waals surface area contributed by atoms with Gasteiger partial charge in [0.05, 0.1) is 16.3 Å². The van der Waals surface area contributed by atoms with Gasteiger partial charge in [-0.05, 0) is 42.5 Å². The number of hydrogen-bond donors (Lipinski definition) is 1. The van der Waals surface area contributed by atoms with Crippen molar-refractivity contribution >= 4 is 35.0 Å². The van der Waals surface area contributed by atoms with Crippen molar-refractivity contribution in [1.29, 1.82) is 5.26 Å². The quantitative estimate of drug-likeness (QED) is 0.435. The van der Waals surface area contributed by atoms with E-state index in [1.54, 1.807) is 30.6 Å². The van der Waals surface area contributed by atoms with Crippen molar-refractivity contribution in [1.82, 2.24) is 19.7 Å². The molecule has 2 aromatic carbocycles. The summed E-state index contributed by atoms with van der Waals surface area (Å²) in [4.78, 5) is 16.5. The Morgan fingerprint density at radius 1 is 1.10 bits per heavy atom. The number of anilines is 1. The fourth-order valence-electron chi connectivity index (χ4n) is 2.87. The minimum Gasteiger partial charge on any atom is -0.325 e. The highest BCUT2D eigenvalue weighted by atomic mass is 35.5. The Morgan fingerprint density at radius 3 is 2.58 bits per heavy atom. The molecule has 0 saturated heterocycles. The van der Waals surface area contributed by atoms with Crippen LogP contribution >= 0.6 is 23.4 Å². The standard InChI is InChI=1S/C22H15ClN6OS/c23-19-12-17(7-6-16(19)13-24)26-20(30)14-31-22-28-27-21(15-8-10-25-11-9-15)29(22)18-4-2-1-3-5-18/h1-12H,14H2,(H,26,30). The summed E-state index contributed by atoms with van der Waals surface area (Å²) in [6.07, 6.45) is 3.39. The average molecular weight is 447 g/mol. The Bertz CT molecular complexity index is 1250. The molecular weight excluding hydrogens is 432 g/mol. The van der Waals surface area contributed by atoms with Crippen LogP contribution in [0.25, 0.3) is 17.1 Å². The minimum absolute atomic E-state index is 0.124. The van der Waals surface area contributed by atoms with Crippen LogP contribution in [-0.4, -0.2) is 31.4 Å². The highest BCUT2D eigenvalue weighted by Crippen LogP contribution is 2.28. The number of aromatic nitrogens is 4. The van der Waals surface area contributed by atoms with E-state index in [4.69, 9.17) is 16.9 Å². The van der Waals surface area contributed by atoms with Crippen molar-refractivity contribution in [2.45, 2.75) is 5.16 Å². The van der Waals surface area contributed by atoms with Gasteiger partial charge >= 0.3 is 0 Å². The molecule has 0 atom stereocenters. The number of amides is 1. The summed E-state index contributed by atoms with van der Waals surface area (Å²) in [6, 6.07) is 20.2. The normalized spacial score (nSPS) is 10.5. The van der Waals surface area contributed by atoms with E-state index in [0.29, 0.717) is 27.3 Å². The third-order valence-electron chi connectivity index (χ3n) is 4.29. The number of pyridine rings is 1. The van der Waals surface area contributed by atoms with Gasteiger partial charge in [-0.3, -0.25) is 14.3 Å². The Kier molecular flexibility index (Phi) is 6.26. The average Bonchev–Trinajstić information content (AvgIpc) is 3.23. The fraction of sp³-hybridized carbons (Fsp3) is 0.0455. The maximum Gasteiger partial charge on any atom is 0.234 e. The molecule has 2 aromatic heterocycles. The number of nitrogens with zero attached hydrogens (tertiary/aromatic N) is 5. The maximum atomic E-state index is 12.5. The van der Waals surface area contributed by atoms with Crippen LogP contribution in [0, 0.1) is 11.3 Å². The zero-order valence-electron chi connectivity index (χ0n) is 16.1. The second-order valence-corrected chi connectivity index (χ2v) is 7.71. The molecule has 0 aliphatic rings. The minimum atomic E-state index is -0.223.